The number of carbonyl (C=O) groups is 1. The van der Waals surface area contributed by atoms with E-state index < -0.39 is 0 Å². The van der Waals surface area contributed by atoms with E-state index in [4.69, 9.17) is 4.74 Å². The van der Waals surface area contributed by atoms with Crippen LogP contribution in [0.4, 0.5) is 0 Å². The third kappa shape index (κ3) is 4.20. The lowest BCUT2D eigenvalue weighted by Gasteiger charge is -2.41. The van der Waals surface area contributed by atoms with Gasteiger partial charge in [0.15, 0.2) is 0 Å². The maximum atomic E-state index is 12.2. The van der Waals surface area contributed by atoms with E-state index in [2.05, 4.69) is 27.7 Å². The summed E-state index contributed by atoms with van der Waals surface area (Å²) in [7, 11) is 0. The summed E-state index contributed by atoms with van der Waals surface area (Å²) in [5.74, 6) is 2.58. The molecule has 0 heterocycles. The Morgan fingerprint density at radius 3 is 2.76 bits per heavy atom. The van der Waals surface area contributed by atoms with Gasteiger partial charge in [0.05, 0.1) is 5.92 Å². The Kier molecular flexibility index (Phi) is 5.84. The molecule has 0 aliphatic heterocycles. The molecule has 2 atom stereocenters. The lowest BCUT2D eigenvalue weighted by Crippen LogP contribution is -2.40. The molecule has 1 rings (SSSR count). The number of thioether (sulfide) groups is 1. The molecule has 1 aliphatic carbocycles. The number of hydrogen-bond donors (Lipinski definition) is 0. The van der Waals surface area contributed by atoms with Gasteiger partial charge >= 0.3 is 5.97 Å². The summed E-state index contributed by atoms with van der Waals surface area (Å²) in [5.41, 5.74) is 0.104. The summed E-state index contributed by atoms with van der Waals surface area (Å²) in [4.78, 5) is 12.2. The highest BCUT2D eigenvalue weighted by Gasteiger charge is 2.42. The van der Waals surface area contributed by atoms with Crippen molar-refractivity contribution >= 4 is 17.7 Å². The van der Waals surface area contributed by atoms with Crippen molar-refractivity contribution in [3.63, 3.8) is 0 Å². The molecule has 0 saturated heterocycles. The molecule has 17 heavy (non-hydrogen) atoms. The number of esters is 1. The summed E-state index contributed by atoms with van der Waals surface area (Å²) in [6.45, 7) is 9.29. The van der Waals surface area contributed by atoms with Crippen LogP contribution in [-0.2, 0) is 9.53 Å². The molecule has 0 aromatic carbocycles. The van der Waals surface area contributed by atoms with Crippen LogP contribution in [0.5, 0.6) is 0 Å². The molecule has 3 heteroatoms. The maximum absolute atomic E-state index is 12.2. The molecule has 0 spiro atoms. The summed E-state index contributed by atoms with van der Waals surface area (Å²) in [6.07, 6.45) is 3.54. The zero-order chi connectivity index (χ0) is 12.9. The molecular weight excluding hydrogens is 232 g/mol. The zero-order valence-electron chi connectivity index (χ0n) is 11.6. The van der Waals surface area contributed by atoms with Gasteiger partial charge in [0.25, 0.3) is 0 Å². The van der Waals surface area contributed by atoms with Gasteiger partial charge in [-0.25, -0.2) is 0 Å². The van der Waals surface area contributed by atoms with E-state index in [1.807, 2.05) is 11.8 Å². The van der Waals surface area contributed by atoms with Crippen LogP contribution in [0.15, 0.2) is 0 Å². The first kappa shape index (κ1) is 14.9. The van der Waals surface area contributed by atoms with Gasteiger partial charge in [-0.15, -0.1) is 0 Å². The molecule has 1 aliphatic rings. The van der Waals surface area contributed by atoms with Gasteiger partial charge in [-0.3, -0.25) is 4.79 Å². The Morgan fingerprint density at radius 2 is 2.18 bits per heavy atom. The van der Waals surface area contributed by atoms with E-state index in [0.717, 1.165) is 24.3 Å². The lowest BCUT2D eigenvalue weighted by molar-refractivity contribution is -0.156. The first-order valence-corrected chi connectivity index (χ1v) is 7.89. The molecule has 0 aromatic rings. The second-order valence-electron chi connectivity index (χ2n) is 5.70. The van der Waals surface area contributed by atoms with Crippen molar-refractivity contribution < 1.29 is 9.53 Å². The fraction of sp³-hybridized carbons (Fsp3) is 0.929. The van der Waals surface area contributed by atoms with E-state index >= 15 is 0 Å². The average molecular weight is 258 g/mol. The number of carbonyl (C=O) groups excluding carboxylic acids is 1. The van der Waals surface area contributed by atoms with Crippen LogP contribution in [0.2, 0.25) is 0 Å². The third-order valence-electron chi connectivity index (χ3n) is 3.82. The monoisotopic (exact) mass is 258 g/mol. The first-order valence-electron chi connectivity index (χ1n) is 6.73. The summed E-state index contributed by atoms with van der Waals surface area (Å²) in [5, 5.41) is 0. The molecule has 0 radical (unpaired) electrons. The van der Waals surface area contributed by atoms with Gasteiger partial charge in [-0.1, -0.05) is 34.1 Å². The quantitative estimate of drug-likeness (QED) is 0.555. The van der Waals surface area contributed by atoms with Gasteiger partial charge in [0.1, 0.15) is 6.61 Å². The van der Waals surface area contributed by atoms with Crippen LogP contribution < -0.4 is 0 Å². The Balaban J connectivity index is 2.47. The van der Waals surface area contributed by atoms with Gasteiger partial charge in [0, 0.05) is 5.75 Å². The summed E-state index contributed by atoms with van der Waals surface area (Å²) in [6, 6.07) is 0. The maximum Gasteiger partial charge on any atom is 0.309 e. The highest BCUT2D eigenvalue weighted by Crippen LogP contribution is 2.44. The molecule has 100 valence electrons. The number of ether oxygens (including phenoxy) is 1. The highest BCUT2D eigenvalue weighted by atomic mass is 32.2. The minimum atomic E-state index is 0.0268. The predicted molar refractivity (Wildman–Crippen MR) is 74.2 cm³/mol. The Morgan fingerprint density at radius 1 is 1.47 bits per heavy atom. The van der Waals surface area contributed by atoms with Crippen LogP contribution in [0.1, 0.15) is 47.0 Å². The van der Waals surface area contributed by atoms with E-state index in [-0.39, 0.29) is 17.3 Å². The SMILES string of the molecule is CCSCCOC(=O)[C@@H]1[C@@H](C)CCCC1(C)C. The number of rotatable bonds is 5. The zero-order valence-corrected chi connectivity index (χ0v) is 12.4. The minimum absolute atomic E-state index is 0.0268. The smallest absolute Gasteiger partial charge is 0.309 e. The van der Waals surface area contributed by atoms with Crippen molar-refractivity contribution in [2.45, 2.75) is 47.0 Å². The first-order chi connectivity index (χ1) is 7.99. The van der Waals surface area contributed by atoms with Gasteiger partial charge < -0.3 is 4.74 Å². The van der Waals surface area contributed by atoms with E-state index in [1.54, 1.807) is 0 Å². The fourth-order valence-corrected chi connectivity index (χ4v) is 3.45. The van der Waals surface area contributed by atoms with Crippen molar-refractivity contribution in [1.82, 2.24) is 0 Å². The molecule has 0 aromatic heterocycles. The minimum Gasteiger partial charge on any atom is -0.465 e. The van der Waals surface area contributed by atoms with Crippen LogP contribution in [0.25, 0.3) is 0 Å². The van der Waals surface area contributed by atoms with Gasteiger partial charge in [-0.05, 0) is 29.9 Å². The van der Waals surface area contributed by atoms with Crippen LogP contribution in [0, 0.1) is 17.3 Å². The summed E-state index contributed by atoms with van der Waals surface area (Å²) < 4.78 is 5.43. The van der Waals surface area contributed by atoms with Crippen molar-refractivity contribution in [2.24, 2.45) is 17.3 Å². The fourth-order valence-electron chi connectivity index (χ4n) is 2.96. The van der Waals surface area contributed by atoms with E-state index in [9.17, 15) is 4.79 Å². The molecular formula is C14H26O2S. The van der Waals surface area contributed by atoms with E-state index in [0.29, 0.717) is 12.5 Å². The molecule has 0 N–H and O–H groups in total. The number of hydrogen-bond acceptors (Lipinski definition) is 3. The van der Waals surface area contributed by atoms with Crippen molar-refractivity contribution in [3.05, 3.63) is 0 Å². The second kappa shape index (κ2) is 6.67. The van der Waals surface area contributed by atoms with Crippen molar-refractivity contribution in [2.75, 3.05) is 18.1 Å². The third-order valence-corrected chi connectivity index (χ3v) is 4.69. The molecule has 0 unspecified atom stereocenters. The van der Waals surface area contributed by atoms with Gasteiger partial charge in [0.2, 0.25) is 0 Å². The van der Waals surface area contributed by atoms with Gasteiger partial charge in [-0.2, -0.15) is 11.8 Å². The lowest BCUT2D eigenvalue weighted by atomic mass is 9.64. The average Bonchev–Trinajstić information content (AvgIpc) is 2.23. The predicted octanol–water partition coefficient (Wildman–Crippen LogP) is 3.75. The van der Waals surface area contributed by atoms with Crippen LogP contribution >= 0.6 is 11.8 Å². The van der Waals surface area contributed by atoms with Crippen molar-refractivity contribution in [3.8, 4) is 0 Å². The molecule has 0 amide bonds. The Hall–Kier alpha value is -0.180. The molecule has 1 fully saturated rings. The molecule has 2 nitrogen and oxygen atoms in total. The standard InChI is InChI=1S/C14H26O2S/c1-5-17-10-9-16-13(15)12-11(2)7-6-8-14(12,3)4/h11-12H,5-10H2,1-4H3/t11-,12-/m0/s1. The van der Waals surface area contributed by atoms with Crippen molar-refractivity contribution in [1.29, 1.82) is 0 Å². The largest absolute Gasteiger partial charge is 0.465 e. The second-order valence-corrected chi connectivity index (χ2v) is 7.09. The summed E-state index contributed by atoms with van der Waals surface area (Å²) >= 11 is 1.82. The van der Waals surface area contributed by atoms with E-state index in [1.165, 1.54) is 6.42 Å². The molecule has 1 saturated carbocycles. The highest BCUT2D eigenvalue weighted by molar-refractivity contribution is 7.99. The Labute approximate surface area is 110 Å². The topological polar surface area (TPSA) is 26.3 Å². The van der Waals surface area contributed by atoms with Crippen LogP contribution in [-0.4, -0.2) is 24.1 Å². The van der Waals surface area contributed by atoms with Crippen LogP contribution in [0.3, 0.4) is 0 Å². The normalized spacial score (nSPS) is 27.8. The Bertz CT molecular complexity index is 251. The molecule has 0 bridgehead atoms.